The number of fused-ring (bicyclic) bond motifs is 1. The van der Waals surface area contributed by atoms with E-state index in [1.54, 1.807) is 28.9 Å². The van der Waals surface area contributed by atoms with Crippen LogP contribution in [0.1, 0.15) is 13.3 Å². The number of halogens is 1. The number of aryl methyl sites for hydroxylation is 1. The first-order valence-electron chi connectivity index (χ1n) is 7.01. The second-order valence-corrected chi connectivity index (χ2v) is 7.14. The SMILES string of the molecule is CCOc1ccc(S(=O)(=O)N2CCCn3ncc(Cl)c32)cc1. The number of benzene rings is 1. The van der Waals surface area contributed by atoms with Crippen LogP contribution in [-0.4, -0.2) is 31.3 Å². The van der Waals surface area contributed by atoms with Gasteiger partial charge in [-0.15, -0.1) is 0 Å². The van der Waals surface area contributed by atoms with Gasteiger partial charge in [0.15, 0.2) is 5.82 Å². The molecule has 2 heterocycles. The molecule has 1 aromatic carbocycles. The van der Waals surface area contributed by atoms with Gasteiger partial charge in [-0.2, -0.15) is 5.10 Å². The quantitative estimate of drug-likeness (QED) is 0.857. The zero-order valence-electron chi connectivity index (χ0n) is 12.1. The van der Waals surface area contributed by atoms with Crippen molar-refractivity contribution in [2.75, 3.05) is 17.5 Å². The molecule has 22 heavy (non-hydrogen) atoms. The Labute approximate surface area is 134 Å². The largest absolute Gasteiger partial charge is 0.494 e. The summed E-state index contributed by atoms with van der Waals surface area (Å²) in [6.07, 6.45) is 2.17. The summed E-state index contributed by atoms with van der Waals surface area (Å²) in [5.74, 6) is 1.07. The van der Waals surface area contributed by atoms with Crippen LogP contribution >= 0.6 is 11.6 Å². The van der Waals surface area contributed by atoms with Crippen LogP contribution in [0.2, 0.25) is 5.02 Å². The Hall–Kier alpha value is -1.73. The van der Waals surface area contributed by atoms with Crippen molar-refractivity contribution in [2.45, 2.75) is 24.8 Å². The number of hydrogen-bond acceptors (Lipinski definition) is 4. The molecule has 1 aliphatic heterocycles. The Kier molecular flexibility index (Phi) is 4.01. The van der Waals surface area contributed by atoms with E-state index in [0.29, 0.717) is 42.7 Å². The molecule has 1 aliphatic rings. The molecule has 0 spiro atoms. The van der Waals surface area contributed by atoms with Crippen molar-refractivity contribution in [3.63, 3.8) is 0 Å². The maximum absolute atomic E-state index is 12.9. The molecular formula is C14H16ClN3O3S. The minimum Gasteiger partial charge on any atom is -0.494 e. The van der Waals surface area contributed by atoms with Crippen molar-refractivity contribution < 1.29 is 13.2 Å². The molecule has 0 unspecified atom stereocenters. The van der Waals surface area contributed by atoms with E-state index in [-0.39, 0.29) is 4.90 Å². The predicted octanol–water partition coefficient (Wildman–Crippen LogP) is 2.53. The standard InChI is InChI=1S/C14H16ClN3O3S/c1-2-21-11-4-6-12(7-5-11)22(19,20)18-9-3-8-17-14(18)13(15)10-16-17/h4-7,10H,2-3,8-9H2,1H3. The summed E-state index contributed by atoms with van der Waals surface area (Å²) in [5, 5.41) is 4.45. The normalized spacial score (nSPS) is 14.7. The van der Waals surface area contributed by atoms with Crippen molar-refractivity contribution in [1.29, 1.82) is 0 Å². The van der Waals surface area contributed by atoms with E-state index in [1.807, 2.05) is 6.92 Å². The summed E-state index contributed by atoms with van der Waals surface area (Å²) in [4.78, 5) is 0.210. The first-order chi connectivity index (χ1) is 10.5. The Morgan fingerprint density at radius 1 is 1.27 bits per heavy atom. The lowest BCUT2D eigenvalue weighted by Gasteiger charge is -2.29. The van der Waals surface area contributed by atoms with E-state index in [9.17, 15) is 8.42 Å². The minimum atomic E-state index is -3.67. The van der Waals surface area contributed by atoms with Crippen LogP contribution in [0.15, 0.2) is 35.4 Å². The molecule has 6 nitrogen and oxygen atoms in total. The van der Waals surface area contributed by atoms with E-state index in [2.05, 4.69) is 5.10 Å². The number of nitrogens with zero attached hydrogens (tertiary/aromatic N) is 3. The first-order valence-corrected chi connectivity index (χ1v) is 8.82. The second kappa shape index (κ2) is 5.81. The fourth-order valence-electron chi connectivity index (χ4n) is 2.47. The van der Waals surface area contributed by atoms with Gasteiger partial charge < -0.3 is 4.74 Å². The van der Waals surface area contributed by atoms with Crippen LogP contribution in [0.5, 0.6) is 5.75 Å². The van der Waals surface area contributed by atoms with Gasteiger partial charge in [0, 0.05) is 13.1 Å². The van der Waals surface area contributed by atoms with Crippen LogP contribution in [0.3, 0.4) is 0 Å². The highest BCUT2D eigenvalue weighted by Crippen LogP contribution is 2.33. The lowest BCUT2D eigenvalue weighted by Crippen LogP contribution is -2.37. The number of anilines is 1. The van der Waals surface area contributed by atoms with Crippen molar-refractivity contribution in [2.24, 2.45) is 0 Å². The monoisotopic (exact) mass is 341 g/mol. The van der Waals surface area contributed by atoms with Gasteiger partial charge in [0.2, 0.25) is 0 Å². The molecule has 0 radical (unpaired) electrons. The van der Waals surface area contributed by atoms with E-state index in [1.165, 1.54) is 10.5 Å². The van der Waals surface area contributed by atoms with Crippen LogP contribution in [0.4, 0.5) is 5.82 Å². The summed E-state index contributed by atoms with van der Waals surface area (Å²) < 4.78 is 34.0. The van der Waals surface area contributed by atoms with Gasteiger partial charge in [-0.05, 0) is 37.6 Å². The Bertz CT molecular complexity index is 771. The molecule has 0 aliphatic carbocycles. The summed E-state index contributed by atoms with van der Waals surface area (Å²) >= 11 is 6.10. The smallest absolute Gasteiger partial charge is 0.265 e. The number of rotatable bonds is 4. The van der Waals surface area contributed by atoms with Crippen molar-refractivity contribution in [3.8, 4) is 5.75 Å². The number of hydrogen-bond donors (Lipinski definition) is 0. The molecule has 0 amide bonds. The van der Waals surface area contributed by atoms with Gasteiger partial charge in [-0.25, -0.2) is 17.4 Å². The Balaban J connectivity index is 1.98. The lowest BCUT2D eigenvalue weighted by molar-refractivity contribution is 0.340. The summed E-state index contributed by atoms with van der Waals surface area (Å²) in [6, 6.07) is 6.39. The molecule has 1 aromatic heterocycles. The molecule has 118 valence electrons. The number of sulfonamides is 1. The molecule has 0 N–H and O–H groups in total. The molecule has 3 rings (SSSR count). The number of ether oxygens (including phenoxy) is 1. The topological polar surface area (TPSA) is 64.4 Å². The highest BCUT2D eigenvalue weighted by molar-refractivity contribution is 7.92. The molecule has 0 saturated carbocycles. The molecule has 2 aromatic rings. The molecule has 0 bridgehead atoms. The zero-order valence-corrected chi connectivity index (χ0v) is 13.6. The average molecular weight is 342 g/mol. The van der Waals surface area contributed by atoms with Gasteiger partial charge in [-0.3, -0.25) is 0 Å². The minimum absolute atomic E-state index is 0.210. The van der Waals surface area contributed by atoms with Crippen LogP contribution in [-0.2, 0) is 16.6 Å². The van der Waals surface area contributed by atoms with Crippen LogP contribution < -0.4 is 9.04 Å². The predicted molar refractivity (Wildman–Crippen MR) is 84.0 cm³/mol. The molecule has 8 heteroatoms. The highest BCUT2D eigenvalue weighted by atomic mass is 35.5. The molecule has 0 saturated heterocycles. The van der Waals surface area contributed by atoms with Crippen molar-refractivity contribution >= 4 is 27.4 Å². The average Bonchev–Trinajstić information content (AvgIpc) is 2.90. The third kappa shape index (κ3) is 2.55. The maximum Gasteiger partial charge on any atom is 0.265 e. The molecular weight excluding hydrogens is 326 g/mol. The van der Waals surface area contributed by atoms with Crippen molar-refractivity contribution in [1.82, 2.24) is 9.78 Å². The third-order valence-electron chi connectivity index (χ3n) is 3.46. The molecule has 0 atom stereocenters. The summed E-state index contributed by atoms with van der Waals surface area (Å²) in [6.45, 7) is 3.47. The van der Waals surface area contributed by atoms with Crippen LogP contribution in [0, 0.1) is 0 Å². The van der Waals surface area contributed by atoms with Crippen molar-refractivity contribution in [3.05, 3.63) is 35.5 Å². The second-order valence-electron chi connectivity index (χ2n) is 4.87. The summed E-state index contributed by atoms with van der Waals surface area (Å²) in [7, 11) is -3.67. The first kappa shape index (κ1) is 15.2. The lowest BCUT2D eigenvalue weighted by atomic mass is 10.3. The molecule has 0 fully saturated rings. The fourth-order valence-corrected chi connectivity index (χ4v) is 4.29. The van der Waals surface area contributed by atoms with E-state index >= 15 is 0 Å². The van der Waals surface area contributed by atoms with E-state index in [4.69, 9.17) is 16.3 Å². The third-order valence-corrected chi connectivity index (χ3v) is 5.53. The Morgan fingerprint density at radius 2 is 2.00 bits per heavy atom. The maximum atomic E-state index is 12.9. The highest BCUT2D eigenvalue weighted by Gasteiger charge is 2.32. The van der Waals surface area contributed by atoms with Gasteiger partial charge in [-0.1, -0.05) is 11.6 Å². The zero-order chi connectivity index (χ0) is 15.7. The summed E-state index contributed by atoms with van der Waals surface area (Å²) in [5.41, 5.74) is 0. The van der Waals surface area contributed by atoms with E-state index in [0.717, 1.165) is 0 Å². The van der Waals surface area contributed by atoms with E-state index < -0.39 is 10.0 Å². The van der Waals surface area contributed by atoms with Crippen LogP contribution in [0.25, 0.3) is 0 Å². The number of aromatic nitrogens is 2. The Morgan fingerprint density at radius 3 is 2.68 bits per heavy atom. The van der Waals surface area contributed by atoms with Gasteiger partial charge in [0.05, 0.1) is 17.7 Å². The van der Waals surface area contributed by atoms with Gasteiger partial charge >= 0.3 is 0 Å². The fraction of sp³-hybridized carbons (Fsp3) is 0.357. The van der Waals surface area contributed by atoms with Gasteiger partial charge in [0.1, 0.15) is 10.8 Å². The van der Waals surface area contributed by atoms with Gasteiger partial charge in [0.25, 0.3) is 10.0 Å².